The van der Waals surface area contributed by atoms with Crippen LogP contribution in [0.4, 0.5) is 13.2 Å². The number of likely N-dealkylation sites (tertiary alicyclic amines) is 2. The number of guanidine groups is 1. The quantitative estimate of drug-likeness (QED) is 0.252. The first-order valence-electron chi connectivity index (χ1n) is 11.6. The van der Waals surface area contributed by atoms with Crippen molar-refractivity contribution in [2.75, 3.05) is 53.4 Å². The van der Waals surface area contributed by atoms with Crippen molar-refractivity contribution >= 4 is 29.9 Å². The molecule has 0 radical (unpaired) electrons. The average molecular weight is 577 g/mol. The maximum atomic E-state index is 13.0. The zero-order chi connectivity index (χ0) is 22.7. The van der Waals surface area contributed by atoms with Gasteiger partial charge in [0.25, 0.3) is 0 Å². The van der Waals surface area contributed by atoms with E-state index in [9.17, 15) is 13.2 Å². The first-order chi connectivity index (χ1) is 15.4. The van der Waals surface area contributed by atoms with Crippen molar-refractivity contribution < 1.29 is 13.2 Å². The van der Waals surface area contributed by atoms with Crippen LogP contribution in [-0.2, 0) is 6.18 Å². The molecule has 1 aromatic carbocycles. The molecule has 2 fully saturated rings. The Morgan fingerprint density at radius 1 is 1.09 bits per heavy atom. The molecule has 0 aromatic heterocycles. The van der Waals surface area contributed by atoms with Gasteiger partial charge in [0.1, 0.15) is 0 Å². The lowest BCUT2D eigenvalue weighted by molar-refractivity contribution is -0.137. The van der Waals surface area contributed by atoms with Crippen molar-refractivity contribution in [3.63, 3.8) is 0 Å². The molecule has 3 atom stereocenters. The highest BCUT2D eigenvalue weighted by molar-refractivity contribution is 14.0. The monoisotopic (exact) mass is 577 g/mol. The second-order valence-corrected chi connectivity index (χ2v) is 9.19. The van der Waals surface area contributed by atoms with E-state index >= 15 is 0 Å². The molecule has 0 bridgehead atoms. The summed E-state index contributed by atoms with van der Waals surface area (Å²) in [5, 5.41) is 3.58. The number of nitrogens with one attached hydrogen (secondary N) is 1. The Kier molecular flexibility index (Phi) is 9.08. The van der Waals surface area contributed by atoms with Crippen LogP contribution in [0.25, 0.3) is 0 Å². The fourth-order valence-corrected chi connectivity index (χ4v) is 5.45. The van der Waals surface area contributed by atoms with Gasteiger partial charge in [0.15, 0.2) is 5.96 Å². The summed E-state index contributed by atoms with van der Waals surface area (Å²) >= 11 is 0. The number of halogens is 4. The van der Waals surface area contributed by atoms with Crippen LogP contribution in [-0.4, -0.2) is 80.1 Å². The van der Waals surface area contributed by atoms with Gasteiger partial charge in [-0.05, 0) is 56.5 Å². The highest BCUT2D eigenvalue weighted by atomic mass is 127. The highest BCUT2D eigenvalue weighted by Gasteiger charge is 2.34. The van der Waals surface area contributed by atoms with Crippen LogP contribution in [0.15, 0.2) is 41.4 Å². The molecule has 0 aliphatic carbocycles. The number of hydrogen-bond donors (Lipinski definition) is 1. The third kappa shape index (κ3) is 6.22. The Balaban J connectivity index is 0.00000306. The minimum Gasteiger partial charge on any atom is -0.356 e. The minimum absolute atomic E-state index is 0. The summed E-state index contributed by atoms with van der Waals surface area (Å²) in [6.45, 7) is 5.76. The highest BCUT2D eigenvalue weighted by Crippen LogP contribution is 2.36. The zero-order valence-electron chi connectivity index (χ0n) is 19.4. The van der Waals surface area contributed by atoms with Crippen LogP contribution in [0, 0.1) is 5.92 Å². The van der Waals surface area contributed by atoms with Crippen molar-refractivity contribution in [1.82, 2.24) is 20.0 Å². The summed E-state index contributed by atoms with van der Waals surface area (Å²) in [5.41, 5.74) is 0.358. The van der Waals surface area contributed by atoms with Crippen LogP contribution in [0.1, 0.15) is 36.4 Å². The van der Waals surface area contributed by atoms with Gasteiger partial charge in [-0.25, -0.2) is 0 Å². The molecular formula is C24H35F3IN5. The normalized spacial score (nSPS) is 27.1. The summed E-state index contributed by atoms with van der Waals surface area (Å²) in [7, 11) is 3.89. The van der Waals surface area contributed by atoms with Crippen LogP contribution in [0.5, 0.6) is 0 Å². The number of piperidine rings is 1. The standard InChI is InChI=1S/C24H34F3N5.HI/c1-28-23(32-15-11-21(17-32)31-13-3-4-14-31)29-16-19-6-5-12-30(2)22(19)18-7-9-20(10-8-18)24(25,26)27;/h3-4,7-10,19,21-22H,5-6,11-17H2,1-2H3,(H,28,29);1H. The van der Waals surface area contributed by atoms with Crippen molar-refractivity contribution in [1.29, 1.82) is 0 Å². The number of hydrogen-bond acceptors (Lipinski definition) is 3. The summed E-state index contributed by atoms with van der Waals surface area (Å²) in [6, 6.07) is 6.36. The molecule has 0 amide bonds. The summed E-state index contributed by atoms with van der Waals surface area (Å²) in [6.07, 6.45) is 3.44. The van der Waals surface area contributed by atoms with E-state index in [2.05, 4.69) is 44.2 Å². The molecular weight excluding hydrogens is 542 g/mol. The second-order valence-electron chi connectivity index (χ2n) is 9.19. The summed E-state index contributed by atoms with van der Waals surface area (Å²) < 4.78 is 39.0. The lowest BCUT2D eigenvalue weighted by Crippen LogP contribution is -2.47. The van der Waals surface area contributed by atoms with E-state index in [-0.39, 0.29) is 30.0 Å². The van der Waals surface area contributed by atoms with Gasteiger partial charge in [0.05, 0.1) is 5.56 Å². The van der Waals surface area contributed by atoms with E-state index in [4.69, 9.17) is 0 Å². The van der Waals surface area contributed by atoms with Gasteiger partial charge in [-0.1, -0.05) is 24.3 Å². The smallest absolute Gasteiger partial charge is 0.356 e. The van der Waals surface area contributed by atoms with E-state index in [0.717, 1.165) is 70.1 Å². The molecule has 1 N–H and O–H groups in total. The Hall–Kier alpha value is -1.33. The predicted molar refractivity (Wildman–Crippen MR) is 137 cm³/mol. The molecule has 3 unspecified atom stereocenters. The predicted octanol–water partition coefficient (Wildman–Crippen LogP) is 4.23. The van der Waals surface area contributed by atoms with Crippen LogP contribution in [0.2, 0.25) is 0 Å². The number of benzene rings is 1. The molecule has 4 rings (SSSR count). The summed E-state index contributed by atoms with van der Waals surface area (Å²) in [4.78, 5) is 11.6. The molecule has 1 aromatic rings. The van der Waals surface area contributed by atoms with Crippen molar-refractivity contribution in [2.45, 2.75) is 37.5 Å². The van der Waals surface area contributed by atoms with Gasteiger partial charge < -0.3 is 10.2 Å². The summed E-state index contributed by atoms with van der Waals surface area (Å²) in [5.74, 6) is 1.24. The van der Waals surface area contributed by atoms with Gasteiger partial charge in [-0.15, -0.1) is 24.0 Å². The molecule has 3 heterocycles. The Morgan fingerprint density at radius 3 is 2.42 bits per heavy atom. The molecule has 0 spiro atoms. The maximum Gasteiger partial charge on any atom is 0.416 e. The molecule has 2 saturated heterocycles. The molecule has 9 heteroatoms. The van der Waals surface area contributed by atoms with Gasteiger partial charge in [0.2, 0.25) is 0 Å². The topological polar surface area (TPSA) is 34.1 Å². The van der Waals surface area contributed by atoms with Crippen molar-refractivity contribution in [3.8, 4) is 0 Å². The zero-order valence-corrected chi connectivity index (χ0v) is 21.7. The first kappa shape index (κ1) is 26.3. The number of aliphatic imine (C=N–C) groups is 1. The van der Waals surface area contributed by atoms with Crippen molar-refractivity contribution in [2.24, 2.45) is 10.9 Å². The molecule has 3 aliphatic heterocycles. The van der Waals surface area contributed by atoms with E-state index < -0.39 is 11.7 Å². The largest absolute Gasteiger partial charge is 0.416 e. The molecule has 3 aliphatic rings. The van der Waals surface area contributed by atoms with Crippen LogP contribution >= 0.6 is 24.0 Å². The van der Waals surface area contributed by atoms with Gasteiger partial charge in [0, 0.05) is 51.9 Å². The minimum atomic E-state index is -4.30. The van der Waals surface area contributed by atoms with Crippen LogP contribution < -0.4 is 5.32 Å². The number of nitrogens with zero attached hydrogens (tertiary/aromatic N) is 4. The third-order valence-electron chi connectivity index (χ3n) is 7.15. The van der Waals surface area contributed by atoms with Gasteiger partial charge in [-0.2, -0.15) is 13.2 Å². The van der Waals surface area contributed by atoms with Crippen LogP contribution in [0.3, 0.4) is 0 Å². The molecule has 0 saturated carbocycles. The maximum absolute atomic E-state index is 13.0. The van der Waals surface area contributed by atoms with E-state index in [1.165, 1.54) is 12.1 Å². The fraction of sp³-hybridized carbons (Fsp3) is 0.625. The van der Waals surface area contributed by atoms with Gasteiger partial charge >= 0.3 is 6.18 Å². The molecule has 184 valence electrons. The molecule has 33 heavy (non-hydrogen) atoms. The Labute approximate surface area is 212 Å². The van der Waals surface area contributed by atoms with E-state index in [1.54, 1.807) is 12.1 Å². The lowest BCUT2D eigenvalue weighted by Gasteiger charge is -2.40. The Bertz CT molecular complexity index is 818. The van der Waals surface area contributed by atoms with E-state index in [1.807, 2.05) is 7.05 Å². The van der Waals surface area contributed by atoms with E-state index in [0.29, 0.717) is 12.0 Å². The lowest BCUT2D eigenvalue weighted by atomic mass is 9.84. The van der Waals surface area contributed by atoms with Gasteiger partial charge in [-0.3, -0.25) is 14.8 Å². The first-order valence-corrected chi connectivity index (χ1v) is 11.6. The average Bonchev–Trinajstić information content (AvgIpc) is 3.46. The number of alkyl halides is 3. The SMILES string of the molecule is CN=C(NCC1CCCN(C)C1c1ccc(C(F)(F)F)cc1)N1CCC(N2CC=CC2)C1.I. The third-order valence-corrected chi connectivity index (χ3v) is 7.15. The number of rotatable bonds is 4. The Morgan fingerprint density at radius 2 is 1.79 bits per heavy atom. The van der Waals surface area contributed by atoms with Crippen molar-refractivity contribution in [3.05, 3.63) is 47.5 Å². The fourth-order valence-electron chi connectivity index (χ4n) is 5.45. The molecule has 5 nitrogen and oxygen atoms in total. The second kappa shape index (κ2) is 11.4.